The summed E-state index contributed by atoms with van der Waals surface area (Å²) in [6, 6.07) is -0.231. The first kappa shape index (κ1) is 10.4. The molecular weight excluding hydrogens is 196 g/mol. The molecule has 15 heavy (non-hydrogen) atoms. The van der Waals surface area contributed by atoms with Crippen molar-refractivity contribution >= 4 is 11.9 Å². The lowest BCUT2D eigenvalue weighted by Crippen LogP contribution is -2.42. The van der Waals surface area contributed by atoms with Crippen molar-refractivity contribution < 1.29 is 14.3 Å². The molecule has 0 aromatic carbocycles. The minimum atomic E-state index is -0.778. The number of ether oxygens (including phenoxy) is 1. The third kappa shape index (κ3) is 1.84. The monoisotopic (exact) mass is 212 g/mol. The van der Waals surface area contributed by atoms with Gasteiger partial charge in [0.15, 0.2) is 0 Å². The molecule has 0 bridgehead atoms. The van der Waals surface area contributed by atoms with Crippen molar-refractivity contribution in [2.24, 2.45) is 0 Å². The Hall–Kier alpha value is -1.10. The van der Waals surface area contributed by atoms with Gasteiger partial charge in [0.2, 0.25) is 6.23 Å². The van der Waals surface area contributed by atoms with E-state index in [0.717, 1.165) is 25.7 Å². The molecule has 1 aliphatic carbocycles. The number of carbonyl (C=O) groups is 2. The van der Waals surface area contributed by atoms with Crippen LogP contribution in [0.1, 0.15) is 32.1 Å². The highest BCUT2D eigenvalue weighted by Crippen LogP contribution is 2.25. The van der Waals surface area contributed by atoms with E-state index in [1.165, 1.54) is 18.4 Å². The predicted molar refractivity (Wildman–Crippen MR) is 53.0 cm³/mol. The van der Waals surface area contributed by atoms with Crippen LogP contribution in [0, 0.1) is 0 Å². The Bertz CT molecular complexity index is 274. The van der Waals surface area contributed by atoms with Crippen molar-refractivity contribution in [2.45, 2.75) is 44.4 Å². The minimum Gasteiger partial charge on any atom is -0.353 e. The number of rotatable bonds is 2. The first-order valence-electron chi connectivity index (χ1n) is 5.40. The molecule has 1 heterocycles. The van der Waals surface area contributed by atoms with Gasteiger partial charge in [-0.25, -0.2) is 4.79 Å². The normalized spacial score (nSPS) is 28.3. The molecule has 84 valence electrons. The second-order valence-corrected chi connectivity index (χ2v) is 4.07. The molecule has 1 atom stereocenters. The van der Waals surface area contributed by atoms with E-state index in [9.17, 15) is 9.59 Å². The third-order valence-electron chi connectivity index (χ3n) is 3.11. The maximum Gasteiger partial charge on any atom is 0.326 e. The van der Waals surface area contributed by atoms with E-state index in [1.807, 2.05) is 0 Å². The Morgan fingerprint density at radius 2 is 1.93 bits per heavy atom. The average molecular weight is 212 g/mol. The summed E-state index contributed by atoms with van der Waals surface area (Å²) >= 11 is 0. The lowest BCUT2D eigenvalue weighted by atomic mass is 9.94. The van der Waals surface area contributed by atoms with Gasteiger partial charge in [-0.2, -0.15) is 0 Å². The molecule has 1 saturated heterocycles. The summed E-state index contributed by atoms with van der Waals surface area (Å²) in [5, 5.41) is 2.52. The molecule has 3 amide bonds. The van der Waals surface area contributed by atoms with Gasteiger partial charge in [0, 0.05) is 13.2 Å². The summed E-state index contributed by atoms with van der Waals surface area (Å²) in [4.78, 5) is 24.7. The number of nitrogens with zero attached hydrogens (tertiary/aromatic N) is 1. The molecule has 2 fully saturated rings. The Kier molecular flexibility index (Phi) is 2.90. The fraction of sp³-hybridized carbons (Fsp3) is 0.800. The van der Waals surface area contributed by atoms with Gasteiger partial charge in [0.05, 0.1) is 0 Å². The van der Waals surface area contributed by atoms with Crippen LogP contribution in [0.15, 0.2) is 0 Å². The summed E-state index contributed by atoms with van der Waals surface area (Å²) in [5.41, 5.74) is 0. The summed E-state index contributed by atoms with van der Waals surface area (Å²) < 4.78 is 4.89. The highest BCUT2D eigenvalue weighted by molar-refractivity contribution is 6.03. The van der Waals surface area contributed by atoms with E-state index in [4.69, 9.17) is 4.74 Å². The van der Waals surface area contributed by atoms with Gasteiger partial charge in [-0.1, -0.05) is 19.3 Å². The van der Waals surface area contributed by atoms with Crippen molar-refractivity contribution in [3.63, 3.8) is 0 Å². The number of amides is 3. The van der Waals surface area contributed by atoms with Gasteiger partial charge in [-0.05, 0) is 12.8 Å². The molecule has 0 aromatic heterocycles. The Morgan fingerprint density at radius 1 is 1.27 bits per heavy atom. The smallest absolute Gasteiger partial charge is 0.326 e. The molecule has 0 aromatic rings. The number of urea groups is 1. The van der Waals surface area contributed by atoms with E-state index in [1.54, 1.807) is 0 Å². The number of imide groups is 1. The van der Waals surface area contributed by atoms with Gasteiger partial charge in [-0.3, -0.25) is 9.69 Å². The molecule has 1 unspecified atom stereocenters. The van der Waals surface area contributed by atoms with E-state index >= 15 is 0 Å². The van der Waals surface area contributed by atoms with Crippen LogP contribution in [0.4, 0.5) is 4.79 Å². The van der Waals surface area contributed by atoms with Crippen molar-refractivity contribution in [1.29, 1.82) is 0 Å². The second kappa shape index (κ2) is 4.18. The lowest BCUT2D eigenvalue weighted by molar-refractivity contribution is -0.137. The molecule has 2 rings (SSSR count). The predicted octanol–water partition coefficient (Wildman–Crippen LogP) is 0.843. The zero-order valence-electron chi connectivity index (χ0n) is 8.86. The topological polar surface area (TPSA) is 58.6 Å². The van der Waals surface area contributed by atoms with Crippen LogP contribution >= 0.6 is 0 Å². The van der Waals surface area contributed by atoms with Crippen molar-refractivity contribution in [3.05, 3.63) is 0 Å². The average Bonchev–Trinajstić information content (AvgIpc) is 2.55. The Balaban J connectivity index is 2.07. The van der Waals surface area contributed by atoms with Crippen molar-refractivity contribution in [2.75, 3.05) is 7.11 Å². The number of hydrogen-bond acceptors (Lipinski definition) is 3. The van der Waals surface area contributed by atoms with Crippen LogP contribution in [0.2, 0.25) is 0 Å². The first-order valence-corrected chi connectivity index (χ1v) is 5.40. The largest absolute Gasteiger partial charge is 0.353 e. The van der Waals surface area contributed by atoms with Gasteiger partial charge in [0.25, 0.3) is 5.91 Å². The molecular formula is C10H16N2O3. The fourth-order valence-corrected chi connectivity index (χ4v) is 2.31. The molecule has 1 aliphatic heterocycles. The van der Waals surface area contributed by atoms with E-state index < -0.39 is 6.23 Å². The van der Waals surface area contributed by atoms with Crippen molar-refractivity contribution in [1.82, 2.24) is 10.2 Å². The molecule has 2 aliphatic rings. The SMILES string of the molecule is COC1NC(=O)N(C2CCCCC2)C1=O. The van der Waals surface area contributed by atoms with Crippen LogP contribution < -0.4 is 5.32 Å². The Labute approximate surface area is 88.8 Å². The van der Waals surface area contributed by atoms with Gasteiger partial charge in [-0.15, -0.1) is 0 Å². The van der Waals surface area contributed by atoms with Gasteiger partial charge in [0.1, 0.15) is 0 Å². The molecule has 1 N–H and O–H groups in total. The quantitative estimate of drug-likeness (QED) is 0.690. The highest BCUT2D eigenvalue weighted by Gasteiger charge is 2.42. The molecule has 0 radical (unpaired) electrons. The third-order valence-corrected chi connectivity index (χ3v) is 3.11. The molecule has 5 heteroatoms. The summed E-state index contributed by atoms with van der Waals surface area (Å²) in [6.07, 6.45) is 4.47. The number of carbonyl (C=O) groups excluding carboxylic acids is 2. The van der Waals surface area contributed by atoms with Gasteiger partial charge >= 0.3 is 6.03 Å². The van der Waals surface area contributed by atoms with E-state index in [0.29, 0.717) is 0 Å². The van der Waals surface area contributed by atoms with E-state index in [2.05, 4.69) is 5.32 Å². The van der Waals surface area contributed by atoms with Gasteiger partial charge < -0.3 is 10.1 Å². The zero-order valence-corrected chi connectivity index (χ0v) is 8.86. The minimum absolute atomic E-state index is 0.0754. The van der Waals surface area contributed by atoms with E-state index in [-0.39, 0.29) is 18.0 Å². The number of hydrogen-bond donors (Lipinski definition) is 1. The number of methoxy groups -OCH3 is 1. The number of nitrogens with one attached hydrogen (secondary N) is 1. The van der Waals surface area contributed by atoms with Crippen LogP contribution in [-0.2, 0) is 9.53 Å². The molecule has 0 spiro atoms. The highest BCUT2D eigenvalue weighted by atomic mass is 16.5. The zero-order chi connectivity index (χ0) is 10.8. The maximum absolute atomic E-state index is 11.8. The maximum atomic E-state index is 11.8. The summed E-state index contributed by atoms with van der Waals surface area (Å²) in [7, 11) is 1.42. The fourth-order valence-electron chi connectivity index (χ4n) is 2.31. The second-order valence-electron chi connectivity index (χ2n) is 4.07. The lowest BCUT2D eigenvalue weighted by Gasteiger charge is -2.28. The van der Waals surface area contributed by atoms with Crippen LogP contribution in [0.25, 0.3) is 0 Å². The molecule has 1 saturated carbocycles. The standard InChI is InChI=1S/C10H16N2O3/c1-15-8-9(13)12(10(14)11-8)7-5-3-2-4-6-7/h7-8H,2-6H2,1H3,(H,11,14). The van der Waals surface area contributed by atoms with Crippen LogP contribution in [-0.4, -0.2) is 36.2 Å². The van der Waals surface area contributed by atoms with Crippen LogP contribution in [0.5, 0.6) is 0 Å². The summed E-state index contributed by atoms with van der Waals surface area (Å²) in [6.45, 7) is 0. The van der Waals surface area contributed by atoms with Crippen molar-refractivity contribution in [3.8, 4) is 0 Å². The first-order chi connectivity index (χ1) is 7.24. The molecule has 5 nitrogen and oxygen atoms in total. The Morgan fingerprint density at radius 3 is 2.47 bits per heavy atom. The summed E-state index contributed by atoms with van der Waals surface area (Å²) in [5.74, 6) is -0.241. The van der Waals surface area contributed by atoms with Crippen LogP contribution in [0.3, 0.4) is 0 Å².